The molecule has 0 aromatic carbocycles. The van der Waals surface area contributed by atoms with Crippen LogP contribution in [0.15, 0.2) is 48.6 Å². The van der Waals surface area contributed by atoms with Crippen molar-refractivity contribution in [3.63, 3.8) is 0 Å². The molecule has 1 aliphatic heterocycles. The Kier molecular flexibility index (Phi) is 33.6. The molecule has 12 nitrogen and oxygen atoms in total. The third-order valence-electron chi connectivity index (χ3n) is 10.2. The Morgan fingerprint density at radius 2 is 1.03 bits per heavy atom. The van der Waals surface area contributed by atoms with Crippen molar-refractivity contribution < 1.29 is 56.8 Å². The number of ether oxygens (including phenoxy) is 4. The normalized spacial score (nSPS) is 20.7. The van der Waals surface area contributed by atoms with Crippen LogP contribution in [-0.2, 0) is 38.7 Å². The van der Waals surface area contributed by atoms with E-state index in [4.69, 9.17) is 18.9 Å². The van der Waals surface area contributed by atoms with Crippen LogP contribution >= 0.6 is 0 Å². The Balaban J connectivity index is 2.49. The number of aliphatic hydroxyl groups excluding tert-OH is 3. The molecule has 1 fully saturated rings. The molecule has 1 heterocycles. The number of carbonyl (C=O) groups excluding carboxylic acids is 2. The third-order valence-corrected chi connectivity index (χ3v) is 10.9. The van der Waals surface area contributed by atoms with E-state index in [-0.39, 0.29) is 19.4 Å². The highest BCUT2D eigenvalue weighted by Gasteiger charge is 2.46. The van der Waals surface area contributed by atoms with E-state index in [1.165, 1.54) is 83.5 Å². The lowest BCUT2D eigenvalue weighted by Gasteiger charge is -2.40. The molecule has 59 heavy (non-hydrogen) atoms. The summed E-state index contributed by atoms with van der Waals surface area (Å²) in [6.07, 6.45) is 33.0. The van der Waals surface area contributed by atoms with Gasteiger partial charge >= 0.3 is 11.9 Å². The van der Waals surface area contributed by atoms with Gasteiger partial charge in [-0.3, -0.25) is 14.1 Å². The fourth-order valence-corrected chi connectivity index (χ4v) is 7.30. The van der Waals surface area contributed by atoms with E-state index in [2.05, 4.69) is 50.3 Å². The van der Waals surface area contributed by atoms with Crippen LogP contribution in [0.5, 0.6) is 0 Å². The van der Waals surface area contributed by atoms with Crippen LogP contribution in [0.3, 0.4) is 0 Å². The first kappa shape index (κ1) is 54.6. The summed E-state index contributed by atoms with van der Waals surface area (Å²) in [6.45, 7) is 3.68. The van der Waals surface area contributed by atoms with Crippen molar-refractivity contribution >= 4 is 22.1 Å². The van der Waals surface area contributed by atoms with Gasteiger partial charge in [0.25, 0.3) is 10.1 Å². The molecule has 6 atom stereocenters. The van der Waals surface area contributed by atoms with Crippen LogP contribution in [0.25, 0.3) is 0 Å². The van der Waals surface area contributed by atoms with Crippen LogP contribution in [0.1, 0.15) is 174 Å². The standard InChI is InChI=1S/C46H80O12S/c1-3-5-7-9-11-13-15-17-19-20-21-23-24-26-28-30-32-34-41(47)55-36-39(37-56-46-45(51)44(50)43(49)40(58-46)38-59(52,53)54)57-42(48)35-33-31-29-27-25-22-18-16-14-12-10-8-6-4-2/h11,13,17,19,21,23,26,28,39-40,43-46,49-51H,3-10,12,14-16,18,20,22,24-25,27,29-38H2,1-2H3,(H,52,53,54)/b13-11+,19-17+,23-21+,28-26+/t39-,40-,43-,44?,45?,46+/m1/s1. The second-order valence-electron chi connectivity index (χ2n) is 15.7. The van der Waals surface area contributed by atoms with Crippen molar-refractivity contribution in [2.24, 2.45) is 0 Å². The minimum Gasteiger partial charge on any atom is -0.462 e. The van der Waals surface area contributed by atoms with E-state index in [1.807, 2.05) is 12.2 Å². The van der Waals surface area contributed by atoms with Gasteiger partial charge in [-0.2, -0.15) is 8.42 Å². The van der Waals surface area contributed by atoms with Crippen molar-refractivity contribution in [1.82, 2.24) is 0 Å². The molecule has 0 aromatic heterocycles. The fraction of sp³-hybridized carbons (Fsp3) is 0.783. The largest absolute Gasteiger partial charge is 0.462 e. The predicted molar refractivity (Wildman–Crippen MR) is 233 cm³/mol. The van der Waals surface area contributed by atoms with Gasteiger partial charge in [0, 0.05) is 12.8 Å². The maximum atomic E-state index is 12.8. The molecule has 342 valence electrons. The number of esters is 2. The molecule has 0 amide bonds. The maximum Gasteiger partial charge on any atom is 0.306 e. The fourth-order valence-electron chi connectivity index (χ4n) is 6.61. The van der Waals surface area contributed by atoms with Gasteiger partial charge < -0.3 is 34.3 Å². The van der Waals surface area contributed by atoms with Gasteiger partial charge in [-0.25, -0.2) is 0 Å². The molecule has 1 aliphatic rings. The number of rotatable bonds is 37. The Hall–Kier alpha value is -2.39. The Labute approximate surface area is 356 Å². The van der Waals surface area contributed by atoms with Gasteiger partial charge in [0.05, 0.1) is 6.61 Å². The van der Waals surface area contributed by atoms with Crippen LogP contribution in [0.4, 0.5) is 0 Å². The summed E-state index contributed by atoms with van der Waals surface area (Å²) in [5, 5.41) is 30.9. The number of unbranched alkanes of at least 4 members (excludes halogenated alkanes) is 17. The second kappa shape index (κ2) is 36.3. The summed E-state index contributed by atoms with van der Waals surface area (Å²) in [5.74, 6) is -2.05. The van der Waals surface area contributed by atoms with Crippen molar-refractivity contribution in [2.75, 3.05) is 19.0 Å². The van der Waals surface area contributed by atoms with Crippen LogP contribution in [0.2, 0.25) is 0 Å². The van der Waals surface area contributed by atoms with E-state index < -0.39 is 71.2 Å². The number of aliphatic hydroxyl groups is 3. The molecular formula is C46H80O12S. The highest BCUT2D eigenvalue weighted by Crippen LogP contribution is 2.24. The van der Waals surface area contributed by atoms with E-state index in [1.54, 1.807) is 0 Å². The number of carbonyl (C=O) groups is 2. The number of hydrogen-bond acceptors (Lipinski definition) is 11. The van der Waals surface area contributed by atoms with Crippen LogP contribution < -0.4 is 0 Å². The Bertz CT molecular complexity index is 1280. The molecule has 0 aromatic rings. The molecule has 0 radical (unpaired) electrons. The summed E-state index contributed by atoms with van der Waals surface area (Å²) in [4.78, 5) is 25.4. The zero-order chi connectivity index (χ0) is 43.4. The van der Waals surface area contributed by atoms with Crippen LogP contribution in [-0.4, -0.2) is 96.0 Å². The first-order chi connectivity index (χ1) is 28.5. The first-order valence-corrected chi connectivity index (χ1v) is 24.3. The van der Waals surface area contributed by atoms with E-state index in [0.29, 0.717) is 19.3 Å². The van der Waals surface area contributed by atoms with Crippen molar-refractivity contribution in [3.8, 4) is 0 Å². The zero-order valence-corrected chi connectivity index (χ0v) is 37.2. The van der Waals surface area contributed by atoms with E-state index in [9.17, 15) is 37.9 Å². The zero-order valence-electron chi connectivity index (χ0n) is 36.3. The molecule has 0 saturated carbocycles. The highest BCUT2D eigenvalue weighted by molar-refractivity contribution is 7.85. The van der Waals surface area contributed by atoms with Gasteiger partial charge in [0.15, 0.2) is 12.4 Å². The number of hydrogen-bond donors (Lipinski definition) is 4. The molecule has 0 bridgehead atoms. The van der Waals surface area contributed by atoms with Crippen LogP contribution in [0, 0.1) is 0 Å². The topological polar surface area (TPSA) is 186 Å². The minimum atomic E-state index is -4.61. The molecule has 13 heteroatoms. The first-order valence-electron chi connectivity index (χ1n) is 22.7. The maximum absolute atomic E-state index is 12.8. The third kappa shape index (κ3) is 31.2. The average molecular weight is 857 g/mol. The predicted octanol–water partition coefficient (Wildman–Crippen LogP) is 9.17. The van der Waals surface area contributed by atoms with E-state index in [0.717, 1.165) is 44.9 Å². The molecule has 2 unspecified atom stereocenters. The summed E-state index contributed by atoms with van der Waals surface area (Å²) in [5.41, 5.74) is 0. The molecule has 0 spiro atoms. The second-order valence-corrected chi connectivity index (χ2v) is 17.2. The lowest BCUT2D eigenvalue weighted by Crippen LogP contribution is -2.60. The monoisotopic (exact) mass is 857 g/mol. The highest BCUT2D eigenvalue weighted by atomic mass is 32.2. The quantitative estimate of drug-likeness (QED) is 0.0201. The minimum absolute atomic E-state index is 0.143. The van der Waals surface area contributed by atoms with Gasteiger partial charge in [-0.15, -0.1) is 0 Å². The molecule has 1 rings (SSSR count). The average Bonchev–Trinajstić information content (AvgIpc) is 3.20. The summed E-state index contributed by atoms with van der Waals surface area (Å²) < 4.78 is 54.0. The van der Waals surface area contributed by atoms with E-state index >= 15 is 0 Å². The van der Waals surface area contributed by atoms with Gasteiger partial charge in [0.2, 0.25) is 0 Å². The number of allylic oxidation sites excluding steroid dienone is 8. The molecule has 0 aliphatic carbocycles. The van der Waals surface area contributed by atoms with Gasteiger partial charge in [0.1, 0.15) is 36.8 Å². The summed E-state index contributed by atoms with van der Waals surface area (Å²) in [6, 6.07) is 0. The Morgan fingerprint density at radius 1 is 0.576 bits per heavy atom. The SMILES string of the molecule is CCCCC/C=C/C/C=C/C/C=C/C/C=C/CCCC(=O)OC[C@H](CO[C@H]1O[C@H](CS(=O)(=O)O)[C@@H](O)C(O)C1O)OC(=O)CCCCCCCCCCCCCCCC. The van der Waals surface area contributed by atoms with Gasteiger partial charge in [-0.1, -0.05) is 159 Å². The van der Waals surface area contributed by atoms with Crippen molar-refractivity contribution in [1.29, 1.82) is 0 Å². The summed E-state index contributed by atoms with van der Waals surface area (Å²) in [7, 11) is -4.61. The smallest absolute Gasteiger partial charge is 0.306 e. The molecule has 1 saturated heterocycles. The Morgan fingerprint density at radius 3 is 1.56 bits per heavy atom. The molecule has 4 N–H and O–H groups in total. The molecular weight excluding hydrogens is 777 g/mol. The van der Waals surface area contributed by atoms with Crippen molar-refractivity contribution in [2.45, 2.75) is 211 Å². The summed E-state index contributed by atoms with van der Waals surface area (Å²) >= 11 is 0. The lowest BCUT2D eigenvalue weighted by molar-refractivity contribution is -0.297. The van der Waals surface area contributed by atoms with Gasteiger partial charge in [-0.05, 0) is 51.4 Å². The lowest BCUT2D eigenvalue weighted by atomic mass is 10.00. The van der Waals surface area contributed by atoms with Crippen molar-refractivity contribution in [3.05, 3.63) is 48.6 Å².